The van der Waals surface area contributed by atoms with Gasteiger partial charge in [-0.15, -0.1) is 0 Å². The average molecular weight is 529 g/mol. The maximum atomic E-state index is 13.5. The van der Waals surface area contributed by atoms with Gasteiger partial charge in [0.15, 0.2) is 5.69 Å². The number of carbonyl (C=O) groups is 1. The van der Waals surface area contributed by atoms with Crippen LogP contribution in [0.3, 0.4) is 0 Å². The Balaban J connectivity index is 1.37. The van der Waals surface area contributed by atoms with Gasteiger partial charge in [-0.05, 0) is 91.2 Å². The van der Waals surface area contributed by atoms with E-state index in [4.69, 9.17) is 39.9 Å². The molecule has 1 amide bonds. The van der Waals surface area contributed by atoms with Crippen molar-refractivity contribution in [3.8, 4) is 16.9 Å². The highest BCUT2D eigenvalue weighted by Gasteiger charge is 2.54. The summed E-state index contributed by atoms with van der Waals surface area (Å²) in [5.41, 5.74) is 5.60. The molecule has 3 unspecified atom stereocenters. The summed E-state index contributed by atoms with van der Waals surface area (Å²) >= 11 is 19.0. The molecule has 2 bridgehead atoms. The third-order valence-electron chi connectivity index (χ3n) is 8.83. The van der Waals surface area contributed by atoms with Crippen molar-refractivity contribution in [3.05, 3.63) is 68.3 Å². The van der Waals surface area contributed by atoms with Gasteiger partial charge in [0.2, 0.25) is 0 Å². The second kappa shape index (κ2) is 8.54. The first-order valence-corrected chi connectivity index (χ1v) is 13.5. The third-order valence-corrected chi connectivity index (χ3v) is 9.60. The minimum atomic E-state index is -0.109. The maximum absolute atomic E-state index is 13.5. The van der Waals surface area contributed by atoms with Gasteiger partial charge in [-0.25, -0.2) is 4.68 Å². The van der Waals surface area contributed by atoms with E-state index < -0.39 is 0 Å². The minimum absolute atomic E-state index is 0.109. The summed E-state index contributed by atoms with van der Waals surface area (Å²) < 4.78 is 1.80. The van der Waals surface area contributed by atoms with Gasteiger partial charge in [0.05, 0.1) is 16.4 Å². The maximum Gasteiger partial charge on any atom is 0.272 e. The highest BCUT2D eigenvalue weighted by molar-refractivity contribution is 6.35. The fourth-order valence-corrected chi connectivity index (χ4v) is 7.43. The van der Waals surface area contributed by atoms with E-state index in [0.717, 1.165) is 41.1 Å². The third kappa shape index (κ3) is 3.80. The summed E-state index contributed by atoms with van der Waals surface area (Å²) in [6.45, 7) is 5.48. The Morgan fingerprint density at radius 1 is 1.09 bits per heavy atom. The van der Waals surface area contributed by atoms with Gasteiger partial charge in [0, 0.05) is 27.7 Å². The van der Waals surface area contributed by atoms with Crippen LogP contribution in [0.1, 0.15) is 54.7 Å². The Bertz CT molecular complexity index is 1340. The summed E-state index contributed by atoms with van der Waals surface area (Å²) in [6, 6.07) is 11.2. The Morgan fingerprint density at radius 2 is 1.86 bits per heavy atom. The lowest BCUT2D eigenvalue weighted by Gasteiger charge is -2.60. The minimum Gasteiger partial charge on any atom is -0.350 e. The van der Waals surface area contributed by atoms with Crippen LogP contribution < -0.4 is 5.32 Å². The van der Waals surface area contributed by atoms with E-state index in [-0.39, 0.29) is 5.91 Å². The highest BCUT2D eigenvalue weighted by atomic mass is 35.5. The Kier molecular flexibility index (Phi) is 5.71. The lowest BCUT2D eigenvalue weighted by atomic mass is 9.45. The number of benzene rings is 2. The quantitative estimate of drug-likeness (QED) is 0.383. The number of aryl methyl sites for hydroxylation is 1. The molecule has 1 heterocycles. The van der Waals surface area contributed by atoms with Crippen molar-refractivity contribution in [1.29, 1.82) is 0 Å². The standard InChI is InChI=1S/C28H28Cl3N3O/c1-28(2)17-5-3-16(22(28)12-17)14-32-27(35)25-21-8-4-15-11-18(29)6-9-20(15)26(21)34(33-25)24-10-7-19(30)13-23(24)31/h6-7,9-11,13,16-17,22H,3-5,8,12,14H2,1-2H3,(H,32,35). The molecule has 4 aliphatic rings. The molecule has 3 fully saturated rings. The Hall–Kier alpha value is -2.01. The highest BCUT2D eigenvalue weighted by Crippen LogP contribution is 2.61. The number of hydrogen-bond acceptors (Lipinski definition) is 2. The molecule has 35 heavy (non-hydrogen) atoms. The van der Waals surface area contributed by atoms with Crippen molar-refractivity contribution in [2.24, 2.45) is 23.2 Å². The number of fused-ring (bicyclic) bond motifs is 5. The summed E-state index contributed by atoms with van der Waals surface area (Å²) in [5, 5.41) is 9.83. The van der Waals surface area contributed by atoms with Crippen LogP contribution in [-0.4, -0.2) is 22.2 Å². The zero-order valence-corrected chi connectivity index (χ0v) is 22.1. The van der Waals surface area contributed by atoms with E-state index in [1.807, 2.05) is 24.3 Å². The molecule has 182 valence electrons. The van der Waals surface area contributed by atoms with Crippen molar-refractivity contribution in [1.82, 2.24) is 15.1 Å². The van der Waals surface area contributed by atoms with E-state index in [2.05, 4.69) is 19.2 Å². The van der Waals surface area contributed by atoms with Crippen LogP contribution in [0.4, 0.5) is 0 Å². The summed E-state index contributed by atoms with van der Waals surface area (Å²) in [5.74, 6) is 1.96. The number of carbonyl (C=O) groups excluding carboxylic acids is 1. The molecule has 2 aromatic carbocycles. The van der Waals surface area contributed by atoms with Gasteiger partial charge >= 0.3 is 0 Å². The molecule has 0 aliphatic heterocycles. The van der Waals surface area contributed by atoms with E-state index in [1.54, 1.807) is 16.8 Å². The van der Waals surface area contributed by atoms with E-state index in [0.29, 0.717) is 50.2 Å². The van der Waals surface area contributed by atoms with Crippen LogP contribution in [0.2, 0.25) is 15.1 Å². The largest absolute Gasteiger partial charge is 0.350 e. The Morgan fingerprint density at radius 3 is 2.60 bits per heavy atom. The van der Waals surface area contributed by atoms with Gasteiger partial charge in [-0.1, -0.05) is 54.7 Å². The predicted molar refractivity (Wildman–Crippen MR) is 142 cm³/mol. The summed E-state index contributed by atoms with van der Waals surface area (Å²) in [6.07, 6.45) is 5.29. The summed E-state index contributed by atoms with van der Waals surface area (Å²) in [7, 11) is 0. The molecular formula is C28H28Cl3N3O. The molecule has 4 aliphatic carbocycles. The lowest BCUT2D eigenvalue weighted by molar-refractivity contribution is -0.103. The van der Waals surface area contributed by atoms with Crippen LogP contribution in [-0.2, 0) is 12.8 Å². The van der Waals surface area contributed by atoms with Gasteiger partial charge in [0.25, 0.3) is 5.91 Å². The fourth-order valence-electron chi connectivity index (χ4n) is 6.75. The number of rotatable bonds is 4. The van der Waals surface area contributed by atoms with Crippen LogP contribution in [0.15, 0.2) is 36.4 Å². The van der Waals surface area contributed by atoms with E-state index in [1.165, 1.54) is 19.3 Å². The number of hydrogen-bond donors (Lipinski definition) is 1. The van der Waals surface area contributed by atoms with Crippen LogP contribution in [0.5, 0.6) is 0 Å². The smallest absolute Gasteiger partial charge is 0.272 e. The first kappa shape index (κ1) is 23.4. The van der Waals surface area contributed by atoms with Gasteiger partial charge in [-0.2, -0.15) is 5.10 Å². The normalized spacial score (nSPS) is 23.7. The molecule has 0 spiro atoms. The van der Waals surface area contributed by atoms with Crippen molar-refractivity contribution in [2.45, 2.75) is 46.0 Å². The van der Waals surface area contributed by atoms with Gasteiger partial charge in [-0.3, -0.25) is 4.79 Å². The lowest BCUT2D eigenvalue weighted by Crippen LogP contribution is -2.54. The van der Waals surface area contributed by atoms with Crippen molar-refractivity contribution in [3.63, 3.8) is 0 Å². The monoisotopic (exact) mass is 527 g/mol. The molecule has 0 radical (unpaired) electrons. The van der Waals surface area contributed by atoms with Crippen LogP contribution in [0, 0.1) is 23.2 Å². The molecule has 3 atom stereocenters. The van der Waals surface area contributed by atoms with Crippen molar-refractivity contribution < 1.29 is 4.79 Å². The second-order valence-electron chi connectivity index (χ2n) is 10.9. The number of nitrogens with zero attached hydrogens (tertiary/aromatic N) is 2. The van der Waals surface area contributed by atoms with Gasteiger partial charge in [0.1, 0.15) is 0 Å². The molecule has 1 aromatic heterocycles. The van der Waals surface area contributed by atoms with E-state index >= 15 is 0 Å². The summed E-state index contributed by atoms with van der Waals surface area (Å²) in [4.78, 5) is 13.5. The SMILES string of the molecule is CC1(C)C2CCC(CNC(=O)c3nn(-c4ccc(Cl)cc4Cl)c4c3CCc3cc(Cl)ccc3-4)C1C2. The number of halogens is 3. The predicted octanol–water partition coefficient (Wildman–Crippen LogP) is 7.40. The van der Waals surface area contributed by atoms with Crippen molar-refractivity contribution >= 4 is 40.7 Å². The van der Waals surface area contributed by atoms with Crippen LogP contribution >= 0.6 is 34.8 Å². The molecular weight excluding hydrogens is 501 g/mol. The average Bonchev–Trinajstić information content (AvgIpc) is 3.22. The van der Waals surface area contributed by atoms with Crippen molar-refractivity contribution in [2.75, 3.05) is 6.54 Å². The molecule has 7 heteroatoms. The Labute approximate surface area is 221 Å². The first-order chi connectivity index (χ1) is 16.7. The second-order valence-corrected chi connectivity index (χ2v) is 12.2. The first-order valence-electron chi connectivity index (χ1n) is 12.4. The molecule has 0 saturated heterocycles. The molecule has 4 nitrogen and oxygen atoms in total. The topological polar surface area (TPSA) is 46.9 Å². The zero-order chi connectivity index (χ0) is 24.5. The number of amides is 1. The van der Waals surface area contributed by atoms with Gasteiger partial charge < -0.3 is 5.32 Å². The molecule has 7 rings (SSSR count). The number of nitrogens with one attached hydrogen (secondary N) is 1. The molecule has 1 N–H and O–H groups in total. The molecule has 3 aromatic rings. The number of aromatic nitrogens is 2. The zero-order valence-electron chi connectivity index (χ0n) is 19.9. The molecule has 3 saturated carbocycles. The van der Waals surface area contributed by atoms with Crippen LogP contribution in [0.25, 0.3) is 16.9 Å². The fraction of sp³-hybridized carbons (Fsp3) is 0.429. The van der Waals surface area contributed by atoms with E-state index in [9.17, 15) is 4.79 Å².